The molecule has 2 aromatic rings. The smallest absolute Gasteiger partial charge is 0.309 e. The molecule has 2 rings (SSSR count). The number of ether oxygens (including phenoxy) is 3. The zero-order valence-electron chi connectivity index (χ0n) is 15.2. The summed E-state index contributed by atoms with van der Waals surface area (Å²) < 4.78 is 15.5. The first-order valence-electron chi connectivity index (χ1n) is 8.28. The Morgan fingerprint density at radius 1 is 1.00 bits per heavy atom. The fraction of sp³-hybridized carbons (Fsp3) is 0.300. The van der Waals surface area contributed by atoms with Gasteiger partial charge in [0, 0.05) is 5.69 Å². The molecule has 1 amide bonds. The molecular formula is C20H23NO5. The first-order chi connectivity index (χ1) is 12.5. The van der Waals surface area contributed by atoms with E-state index in [9.17, 15) is 9.59 Å². The van der Waals surface area contributed by atoms with Crippen LogP contribution in [-0.4, -0.2) is 32.2 Å². The molecule has 0 bridgehead atoms. The van der Waals surface area contributed by atoms with Gasteiger partial charge in [-0.3, -0.25) is 9.59 Å². The Morgan fingerprint density at radius 2 is 1.69 bits per heavy atom. The summed E-state index contributed by atoms with van der Waals surface area (Å²) in [5, 5.41) is 2.74. The van der Waals surface area contributed by atoms with E-state index in [-0.39, 0.29) is 25.5 Å². The molecule has 0 saturated heterocycles. The Bertz CT molecular complexity index is 755. The Kier molecular flexibility index (Phi) is 7.02. The van der Waals surface area contributed by atoms with Crippen LogP contribution in [0.15, 0.2) is 42.5 Å². The monoisotopic (exact) mass is 357 g/mol. The highest BCUT2D eigenvalue weighted by molar-refractivity contribution is 5.93. The van der Waals surface area contributed by atoms with Crippen LogP contribution < -0.4 is 14.8 Å². The molecule has 0 spiro atoms. The summed E-state index contributed by atoms with van der Waals surface area (Å²) in [5.41, 5.74) is 2.78. The SMILES string of the molecule is COc1ccc(OCCC(=O)OCC(=O)Nc2cccc(C)c2C)cc1. The van der Waals surface area contributed by atoms with E-state index in [2.05, 4.69) is 5.32 Å². The van der Waals surface area contributed by atoms with Gasteiger partial charge < -0.3 is 19.5 Å². The number of hydrogen-bond donors (Lipinski definition) is 1. The van der Waals surface area contributed by atoms with Gasteiger partial charge in [0.25, 0.3) is 5.91 Å². The van der Waals surface area contributed by atoms with E-state index < -0.39 is 5.97 Å². The maximum atomic E-state index is 11.9. The molecule has 0 heterocycles. The van der Waals surface area contributed by atoms with Crippen LogP contribution in [0.5, 0.6) is 11.5 Å². The summed E-state index contributed by atoms with van der Waals surface area (Å²) in [6, 6.07) is 12.7. The van der Waals surface area contributed by atoms with E-state index >= 15 is 0 Å². The molecule has 0 aliphatic heterocycles. The minimum Gasteiger partial charge on any atom is -0.497 e. The van der Waals surface area contributed by atoms with Crippen molar-refractivity contribution in [2.45, 2.75) is 20.3 Å². The van der Waals surface area contributed by atoms with Crippen molar-refractivity contribution in [3.63, 3.8) is 0 Å². The third-order valence-corrected chi connectivity index (χ3v) is 3.88. The van der Waals surface area contributed by atoms with Crippen LogP contribution in [-0.2, 0) is 14.3 Å². The van der Waals surface area contributed by atoms with E-state index in [4.69, 9.17) is 14.2 Å². The Balaban J connectivity index is 1.69. The average molecular weight is 357 g/mol. The second kappa shape index (κ2) is 9.46. The molecule has 0 aromatic heterocycles. The largest absolute Gasteiger partial charge is 0.497 e. The third kappa shape index (κ3) is 5.81. The number of methoxy groups -OCH3 is 1. The Morgan fingerprint density at radius 3 is 2.38 bits per heavy atom. The summed E-state index contributed by atoms with van der Waals surface area (Å²) in [7, 11) is 1.59. The predicted molar refractivity (Wildman–Crippen MR) is 98.6 cm³/mol. The van der Waals surface area contributed by atoms with Crippen molar-refractivity contribution in [2.75, 3.05) is 25.6 Å². The number of amides is 1. The number of carbonyl (C=O) groups is 2. The highest BCUT2D eigenvalue weighted by Crippen LogP contribution is 2.18. The summed E-state index contributed by atoms with van der Waals surface area (Å²) >= 11 is 0. The van der Waals surface area contributed by atoms with Gasteiger partial charge in [-0.15, -0.1) is 0 Å². The van der Waals surface area contributed by atoms with Crippen LogP contribution in [0.2, 0.25) is 0 Å². The number of hydrogen-bond acceptors (Lipinski definition) is 5. The second-order valence-electron chi connectivity index (χ2n) is 5.73. The fourth-order valence-electron chi connectivity index (χ4n) is 2.22. The third-order valence-electron chi connectivity index (χ3n) is 3.88. The van der Waals surface area contributed by atoms with Crippen LogP contribution in [0.4, 0.5) is 5.69 Å². The zero-order valence-corrected chi connectivity index (χ0v) is 15.2. The number of carbonyl (C=O) groups excluding carboxylic acids is 2. The Labute approximate surface area is 153 Å². The van der Waals surface area contributed by atoms with Gasteiger partial charge in [-0.2, -0.15) is 0 Å². The summed E-state index contributed by atoms with van der Waals surface area (Å²) in [6.45, 7) is 3.74. The maximum absolute atomic E-state index is 11.9. The first kappa shape index (κ1) is 19.3. The number of aryl methyl sites for hydroxylation is 1. The molecule has 138 valence electrons. The fourth-order valence-corrected chi connectivity index (χ4v) is 2.22. The zero-order chi connectivity index (χ0) is 18.9. The second-order valence-corrected chi connectivity index (χ2v) is 5.73. The van der Waals surface area contributed by atoms with E-state index in [0.717, 1.165) is 16.9 Å². The van der Waals surface area contributed by atoms with Gasteiger partial charge in [0.1, 0.15) is 11.5 Å². The van der Waals surface area contributed by atoms with Crippen LogP contribution in [0, 0.1) is 13.8 Å². The number of anilines is 1. The molecule has 0 aliphatic carbocycles. The highest BCUT2D eigenvalue weighted by atomic mass is 16.5. The summed E-state index contributed by atoms with van der Waals surface area (Å²) in [6.07, 6.45) is 0.0583. The lowest BCUT2D eigenvalue weighted by Crippen LogP contribution is -2.22. The van der Waals surface area contributed by atoms with E-state index in [1.54, 1.807) is 31.4 Å². The molecule has 6 nitrogen and oxygen atoms in total. The average Bonchev–Trinajstić information content (AvgIpc) is 2.64. The molecular weight excluding hydrogens is 334 g/mol. The molecule has 0 unspecified atom stereocenters. The number of rotatable bonds is 8. The molecule has 1 N–H and O–H groups in total. The van der Waals surface area contributed by atoms with Crippen LogP contribution in [0.25, 0.3) is 0 Å². The van der Waals surface area contributed by atoms with Crippen molar-refractivity contribution in [2.24, 2.45) is 0 Å². The van der Waals surface area contributed by atoms with Crippen LogP contribution in [0.1, 0.15) is 17.5 Å². The van der Waals surface area contributed by atoms with Gasteiger partial charge in [-0.05, 0) is 55.3 Å². The molecule has 0 radical (unpaired) electrons. The van der Waals surface area contributed by atoms with Gasteiger partial charge >= 0.3 is 5.97 Å². The highest BCUT2D eigenvalue weighted by Gasteiger charge is 2.10. The van der Waals surface area contributed by atoms with Gasteiger partial charge in [-0.1, -0.05) is 12.1 Å². The number of esters is 1. The van der Waals surface area contributed by atoms with Gasteiger partial charge in [0.15, 0.2) is 6.61 Å². The normalized spacial score (nSPS) is 10.1. The minimum absolute atomic E-state index is 0.0583. The lowest BCUT2D eigenvalue weighted by Gasteiger charge is -2.11. The summed E-state index contributed by atoms with van der Waals surface area (Å²) in [4.78, 5) is 23.6. The van der Waals surface area contributed by atoms with Crippen LogP contribution >= 0.6 is 0 Å². The quantitative estimate of drug-likeness (QED) is 0.734. The topological polar surface area (TPSA) is 73.9 Å². The molecule has 26 heavy (non-hydrogen) atoms. The van der Waals surface area contributed by atoms with E-state index in [1.165, 1.54) is 0 Å². The molecule has 0 aliphatic rings. The number of benzene rings is 2. The molecule has 0 saturated carbocycles. The lowest BCUT2D eigenvalue weighted by atomic mass is 10.1. The minimum atomic E-state index is -0.491. The van der Waals surface area contributed by atoms with Crippen molar-refractivity contribution >= 4 is 17.6 Å². The van der Waals surface area contributed by atoms with E-state index in [0.29, 0.717) is 11.4 Å². The van der Waals surface area contributed by atoms with Crippen LogP contribution in [0.3, 0.4) is 0 Å². The van der Waals surface area contributed by atoms with Crippen molar-refractivity contribution in [1.82, 2.24) is 0 Å². The first-order valence-corrected chi connectivity index (χ1v) is 8.28. The Hall–Kier alpha value is -3.02. The predicted octanol–water partition coefficient (Wildman–Crippen LogP) is 3.26. The maximum Gasteiger partial charge on any atom is 0.309 e. The van der Waals surface area contributed by atoms with Crippen molar-refractivity contribution < 1.29 is 23.8 Å². The van der Waals surface area contributed by atoms with Crippen molar-refractivity contribution in [1.29, 1.82) is 0 Å². The summed E-state index contributed by atoms with van der Waals surface area (Å²) in [5.74, 6) is 0.496. The molecule has 2 aromatic carbocycles. The van der Waals surface area contributed by atoms with Gasteiger partial charge in [0.05, 0.1) is 20.1 Å². The standard InChI is InChI=1S/C20H23NO5/c1-14-5-4-6-18(15(14)2)21-19(22)13-26-20(23)11-12-25-17-9-7-16(24-3)8-10-17/h4-10H,11-13H2,1-3H3,(H,21,22). The number of nitrogens with one attached hydrogen (secondary N) is 1. The van der Waals surface area contributed by atoms with Crippen molar-refractivity contribution in [3.8, 4) is 11.5 Å². The van der Waals surface area contributed by atoms with Gasteiger partial charge in [-0.25, -0.2) is 0 Å². The van der Waals surface area contributed by atoms with Crippen molar-refractivity contribution in [3.05, 3.63) is 53.6 Å². The molecule has 0 atom stereocenters. The lowest BCUT2D eigenvalue weighted by molar-refractivity contribution is -0.147. The molecule has 0 fully saturated rings. The van der Waals surface area contributed by atoms with E-state index in [1.807, 2.05) is 32.0 Å². The molecule has 6 heteroatoms. The van der Waals surface area contributed by atoms with Gasteiger partial charge in [0.2, 0.25) is 0 Å².